The molecule has 0 aliphatic rings. The summed E-state index contributed by atoms with van der Waals surface area (Å²) in [7, 11) is 0. The molecule has 3 nitrogen and oxygen atoms in total. The second-order valence-corrected chi connectivity index (χ2v) is 6.72. The van der Waals surface area contributed by atoms with Gasteiger partial charge in [0.15, 0.2) is 0 Å². The zero-order valence-corrected chi connectivity index (χ0v) is 13.9. The number of carbonyl (C=O) groups excluding carboxylic acids is 1. The molecule has 0 spiro atoms. The first-order valence-electron chi connectivity index (χ1n) is 7.51. The average Bonchev–Trinajstić information content (AvgIpc) is 2.41. The first-order valence-corrected chi connectivity index (χ1v) is 7.51. The second kappa shape index (κ2) is 6.22. The molecule has 0 aliphatic carbocycles. The van der Waals surface area contributed by atoms with Crippen LogP contribution in [0.1, 0.15) is 37.5 Å². The number of carbonyl (C=O) groups is 1. The smallest absolute Gasteiger partial charge is 0.308 e. The summed E-state index contributed by atoms with van der Waals surface area (Å²) in [5, 5.41) is 5.74. The Labute approximate surface area is 132 Å². The van der Waals surface area contributed by atoms with Crippen molar-refractivity contribution in [1.29, 1.82) is 0 Å². The van der Waals surface area contributed by atoms with Crippen LogP contribution in [0.15, 0.2) is 42.5 Å². The Balaban J connectivity index is 2.03. The Morgan fingerprint density at radius 2 is 1.55 bits per heavy atom. The summed E-state index contributed by atoms with van der Waals surface area (Å²) in [5.41, 5.74) is 5.21. The monoisotopic (exact) mass is 296 g/mol. The lowest BCUT2D eigenvalue weighted by atomic mass is 9.87. The molecule has 0 heterocycles. The van der Waals surface area contributed by atoms with Crippen LogP contribution < -0.4 is 10.6 Å². The van der Waals surface area contributed by atoms with Gasteiger partial charge in [0.2, 0.25) is 0 Å². The maximum atomic E-state index is 12.1. The van der Waals surface area contributed by atoms with Crippen LogP contribution in [0.4, 0.5) is 16.2 Å². The van der Waals surface area contributed by atoms with Gasteiger partial charge in [-0.2, -0.15) is 0 Å². The van der Waals surface area contributed by atoms with Crippen LogP contribution in [0, 0.1) is 13.8 Å². The molecule has 2 amide bonds. The molecule has 0 bridgehead atoms. The first-order chi connectivity index (χ1) is 10.3. The van der Waals surface area contributed by atoms with E-state index in [9.17, 15) is 4.79 Å². The summed E-state index contributed by atoms with van der Waals surface area (Å²) in [6.07, 6.45) is 0. The molecule has 0 unspecified atom stereocenters. The quantitative estimate of drug-likeness (QED) is 0.781. The Morgan fingerprint density at radius 3 is 2.09 bits per heavy atom. The van der Waals surface area contributed by atoms with E-state index in [1.807, 2.05) is 56.3 Å². The minimum absolute atomic E-state index is 0.111. The van der Waals surface area contributed by atoms with Gasteiger partial charge in [-0.3, -0.25) is 0 Å². The fraction of sp³-hybridized carbons (Fsp3) is 0.316. The lowest BCUT2D eigenvalue weighted by molar-refractivity contribution is 0.262. The predicted octanol–water partition coefficient (Wildman–Crippen LogP) is 5.24. The summed E-state index contributed by atoms with van der Waals surface area (Å²) in [5.74, 6) is 0. The second-order valence-electron chi connectivity index (χ2n) is 6.72. The molecule has 2 aromatic carbocycles. The molecule has 0 fully saturated rings. The lowest BCUT2D eigenvalue weighted by Crippen LogP contribution is -2.20. The third-order valence-electron chi connectivity index (χ3n) is 3.64. The topological polar surface area (TPSA) is 41.1 Å². The van der Waals surface area contributed by atoms with Gasteiger partial charge in [-0.1, -0.05) is 50.6 Å². The average molecular weight is 296 g/mol. The van der Waals surface area contributed by atoms with Crippen molar-refractivity contribution in [3.8, 4) is 0 Å². The Bertz CT molecular complexity index is 667. The van der Waals surface area contributed by atoms with Crippen LogP contribution in [-0.2, 0) is 5.41 Å². The highest BCUT2D eigenvalue weighted by atomic mass is 16.2. The number of anilines is 2. The summed E-state index contributed by atoms with van der Waals surface area (Å²) in [6.45, 7) is 10.5. The van der Waals surface area contributed by atoms with Gasteiger partial charge >= 0.3 is 6.03 Å². The number of hydrogen-bond acceptors (Lipinski definition) is 1. The Morgan fingerprint density at radius 1 is 0.909 bits per heavy atom. The molecule has 116 valence electrons. The van der Waals surface area contributed by atoms with Crippen LogP contribution >= 0.6 is 0 Å². The number of rotatable bonds is 2. The van der Waals surface area contributed by atoms with Gasteiger partial charge in [0, 0.05) is 11.4 Å². The van der Waals surface area contributed by atoms with Crippen molar-refractivity contribution in [3.63, 3.8) is 0 Å². The number of hydrogen-bond donors (Lipinski definition) is 2. The molecular formula is C19H24N2O. The number of benzene rings is 2. The third kappa shape index (κ3) is 4.10. The number of aryl methyl sites for hydroxylation is 2. The van der Waals surface area contributed by atoms with E-state index in [0.29, 0.717) is 0 Å². The molecule has 2 rings (SSSR count). The van der Waals surface area contributed by atoms with E-state index in [4.69, 9.17) is 0 Å². The summed E-state index contributed by atoms with van der Waals surface area (Å²) in [4.78, 5) is 12.1. The van der Waals surface area contributed by atoms with E-state index in [2.05, 4.69) is 31.4 Å². The van der Waals surface area contributed by atoms with Gasteiger partial charge in [0.25, 0.3) is 0 Å². The molecule has 0 radical (unpaired) electrons. The predicted molar refractivity (Wildman–Crippen MR) is 93.7 cm³/mol. The molecule has 2 N–H and O–H groups in total. The highest BCUT2D eigenvalue weighted by molar-refractivity contribution is 6.00. The van der Waals surface area contributed by atoms with Crippen molar-refractivity contribution in [2.75, 3.05) is 10.6 Å². The third-order valence-corrected chi connectivity index (χ3v) is 3.64. The van der Waals surface area contributed by atoms with Crippen molar-refractivity contribution >= 4 is 17.4 Å². The number of amides is 2. The standard InChI is InChI=1S/C19H24N2O/c1-13-6-11-17(14(2)12-13)21-18(22)20-16-9-7-15(8-10-16)19(3,4)5/h6-12H,1-5H3,(H2,20,21,22). The summed E-state index contributed by atoms with van der Waals surface area (Å²) >= 11 is 0. The van der Waals surface area contributed by atoms with E-state index >= 15 is 0 Å². The zero-order chi connectivity index (χ0) is 16.3. The minimum Gasteiger partial charge on any atom is -0.308 e. The summed E-state index contributed by atoms with van der Waals surface area (Å²) < 4.78 is 0. The van der Waals surface area contributed by atoms with Gasteiger partial charge in [-0.15, -0.1) is 0 Å². The van der Waals surface area contributed by atoms with E-state index in [1.54, 1.807) is 0 Å². The lowest BCUT2D eigenvalue weighted by Gasteiger charge is -2.19. The maximum absolute atomic E-state index is 12.1. The molecule has 0 aliphatic heterocycles. The highest BCUT2D eigenvalue weighted by Crippen LogP contribution is 2.23. The van der Waals surface area contributed by atoms with E-state index in [0.717, 1.165) is 16.9 Å². The van der Waals surface area contributed by atoms with E-state index < -0.39 is 0 Å². The zero-order valence-electron chi connectivity index (χ0n) is 13.9. The molecule has 0 saturated carbocycles. The van der Waals surface area contributed by atoms with Crippen LogP contribution in [-0.4, -0.2) is 6.03 Å². The van der Waals surface area contributed by atoms with Gasteiger partial charge in [-0.05, 0) is 48.6 Å². The molecular weight excluding hydrogens is 272 g/mol. The van der Waals surface area contributed by atoms with Crippen LogP contribution in [0.2, 0.25) is 0 Å². The van der Waals surface area contributed by atoms with Crippen LogP contribution in [0.25, 0.3) is 0 Å². The molecule has 0 saturated heterocycles. The van der Waals surface area contributed by atoms with E-state index in [1.165, 1.54) is 11.1 Å². The van der Waals surface area contributed by atoms with Crippen molar-refractivity contribution in [2.45, 2.75) is 40.0 Å². The molecule has 2 aromatic rings. The van der Waals surface area contributed by atoms with Crippen molar-refractivity contribution < 1.29 is 4.79 Å². The number of nitrogens with one attached hydrogen (secondary N) is 2. The van der Waals surface area contributed by atoms with Crippen LogP contribution in [0.5, 0.6) is 0 Å². The normalized spacial score (nSPS) is 11.1. The Hall–Kier alpha value is -2.29. The first kappa shape index (κ1) is 16.1. The maximum Gasteiger partial charge on any atom is 0.323 e. The van der Waals surface area contributed by atoms with Crippen molar-refractivity contribution in [3.05, 3.63) is 59.2 Å². The molecule has 22 heavy (non-hydrogen) atoms. The molecule has 0 atom stereocenters. The van der Waals surface area contributed by atoms with Gasteiger partial charge in [-0.25, -0.2) is 4.79 Å². The van der Waals surface area contributed by atoms with E-state index in [-0.39, 0.29) is 11.4 Å². The number of urea groups is 1. The molecule has 3 heteroatoms. The van der Waals surface area contributed by atoms with Gasteiger partial charge in [0.05, 0.1) is 0 Å². The SMILES string of the molecule is Cc1ccc(NC(=O)Nc2ccc(C(C)(C)C)cc2)c(C)c1. The highest BCUT2D eigenvalue weighted by Gasteiger charge is 2.13. The Kier molecular flexibility index (Phi) is 4.55. The van der Waals surface area contributed by atoms with Crippen LogP contribution in [0.3, 0.4) is 0 Å². The fourth-order valence-electron chi connectivity index (χ4n) is 2.29. The minimum atomic E-state index is -0.226. The van der Waals surface area contributed by atoms with Gasteiger partial charge < -0.3 is 10.6 Å². The van der Waals surface area contributed by atoms with Gasteiger partial charge in [0.1, 0.15) is 0 Å². The molecule has 0 aromatic heterocycles. The van der Waals surface area contributed by atoms with Crippen molar-refractivity contribution in [2.24, 2.45) is 0 Å². The largest absolute Gasteiger partial charge is 0.323 e. The fourth-order valence-corrected chi connectivity index (χ4v) is 2.29. The van der Waals surface area contributed by atoms with Crippen molar-refractivity contribution in [1.82, 2.24) is 0 Å². The summed E-state index contributed by atoms with van der Waals surface area (Å²) in [6, 6.07) is 13.7.